The number of nitrogens with zero attached hydrogens (tertiary/aromatic N) is 1. The lowest BCUT2D eigenvalue weighted by atomic mass is 10.1. The molecule has 0 aliphatic carbocycles. The Morgan fingerprint density at radius 2 is 2.17 bits per heavy atom. The SMILES string of the molecule is CCn1c(CC(C)C(=O)O)cc2ccc(Cl)cc21. The minimum atomic E-state index is -0.763. The van der Waals surface area contributed by atoms with Gasteiger partial charge in [-0.2, -0.15) is 0 Å². The van der Waals surface area contributed by atoms with Gasteiger partial charge in [-0.05, 0) is 30.5 Å². The zero-order chi connectivity index (χ0) is 13.3. The van der Waals surface area contributed by atoms with E-state index in [0.717, 1.165) is 23.1 Å². The summed E-state index contributed by atoms with van der Waals surface area (Å²) < 4.78 is 2.13. The molecule has 1 N–H and O–H groups in total. The molecular weight excluding hydrogens is 250 g/mol. The number of halogens is 1. The molecule has 18 heavy (non-hydrogen) atoms. The number of benzene rings is 1. The van der Waals surface area contributed by atoms with Crippen LogP contribution in [0.1, 0.15) is 19.5 Å². The van der Waals surface area contributed by atoms with Crippen LogP contribution in [0.3, 0.4) is 0 Å². The molecule has 0 spiro atoms. The van der Waals surface area contributed by atoms with Crippen molar-refractivity contribution in [2.45, 2.75) is 26.8 Å². The molecule has 0 saturated heterocycles. The topological polar surface area (TPSA) is 42.2 Å². The minimum absolute atomic E-state index is 0.380. The second-order valence-electron chi connectivity index (χ2n) is 4.53. The number of fused-ring (bicyclic) bond motifs is 1. The van der Waals surface area contributed by atoms with Crippen LogP contribution in [0.25, 0.3) is 10.9 Å². The molecule has 2 rings (SSSR count). The Hall–Kier alpha value is -1.48. The maximum absolute atomic E-state index is 10.9. The van der Waals surface area contributed by atoms with Crippen molar-refractivity contribution in [3.63, 3.8) is 0 Å². The van der Waals surface area contributed by atoms with Gasteiger partial charge in [0.2, 0.25) is 0 Å². The maximum atomic E-state index is 10.9. The number of aromatic nitrogens is 1. The van der Waals surface area contributed by atoms with E-state index < -0.39 is 5.97 Å². The molecule has 1 heterocycles. The molecule has 0 aliphatic heterocycles. The summed E-state index contributed by atoms with van der Waals surface area (Å²) in [5.41, 5.74) is 2.11. The highest BCUT2D eigenvalue weighted by Gasteiger charge is 2.15. The smallest absolute Gasteiger partial charge is 0.306 e. The number of aryl methyl sites for hydroxylation is 1. The number of rotatable bonds is 4. The summed E-state index contributed by atoms with van der Waals surface area (Å²) in [7, 11) is 0. The monoisotopic (exact) mass is 265 g/mol. The van der Waals surface area contributed by atoms with E-state index in [4.69, 9.17) is 16.7 Å². The summed E-state index contributed by atoms with van der Waals surface area (Å²) in [6, 6.07) is 7.80. The number of hydrogen-bond donors (Lipinski definition) is 1. The van der Waals surface area contributed by atoms with Crippen molar-refractivity contribution in [3.8, 4) is 0 Å². The Labute approximate surface area is 111 Å². The van der Waals surface area contributed by atoms with E-state index in [1.54, 1.807) is 6.92 Å². The molecule has 3 nitrogen and oxygen atoms in total. The van der Waals surface area contributed by atoms with Crippen molar-refractivity contribution in [2.75, 3.05) is 0 Å². The molecular formula is C14H16ClNO2. The molecule has 0 saturated carbocycles. The number of carbonyl (C=O) groups is 1. The van der Waals surface area contributed by atoms with Crippen molar-refractivity contribution in [1.82, 2.24) is 4.57 Å². The maximum Gasteiger partial charge on any atom is 0.306 e. The Kier molecular flexibility index (Phi) is 3.62. The van der Waals surface area contributed by atoms with Crippen LogP contribution in [0.5, 0.6) is 0 Å². The van der Waals surface area contributed by atoms with Gasteiger partial charge < -0.3 is 9.67 Å². The lowest BCUT2D eigenvalue weighted by molar-refractivity contribution is -0.141. The number of aliphatic carboxylic acids is 1. The van der Waals surface area contributed by atoms with Gasteiger partial charge in [-0.25, -0.2) is 0 Å². The fourth-order valence-corrected chi connectivity index (χ4v) is 2.39. The van der Waals surface area contributed by atoms with Gasteiger partial charge >= 0.3 is 5.97 Å². The summed E-state index contributed by atoms with van der Waals surface area (Å²) in [4.78, 5) is 10.9. The summed E-state index contributed by atoms with van der Waals surface area (Å²) in [6.45, 7) is 4.59. The third-order valence-electron chi connectivity index (χ3n) is 3.21. The Morgan fingerprint density at radius 3 is 2.78 bits per heavy atom. The normalized spacial score (nSPS) is 12.8. The first-order valence-electron chi connectivity index (χ1n) is 6.03. The zero-order valence-corrected chi connectivity index (χ0v) is 11.2. The van der Waals surface area contributed by atoms with Crippen molar-refractivity contribution in [1.29, 1.82) is 0 Å². The fourth-order valence-electron chi connectivity index (χ4n) is 2.23. The first-order chi connectivity index (χ1) is 8.52. The number of carboxylic acids is 1. The molecule has 0 amide bonds. The molecule has 2 aromatic rings. The second-order valence-corrected chi connectivity index (χ2v) is 4.96. The summed E-state index contributed by atoms with van der Waals surface area (Å²) in [6.07, 6.45) is 0.537. The predicted molar refractivity (Wildman–Crippen MR) is 73.1 cm³/mol. The van der Waals surface area contributed by atoms with Crippen LogP contribution >= 0.6 is 11.6 Å². The van der Waals surface area contributed by atoms with E-state index >= 15 is 0 Å². The van der Waals surface area contributed by atoms with Gasteiger partial charge in [0.05, 0.1) is 5.92 Å². The average molecular weight is 266 g/mol. The lowest BCUT2D eigenvalue weighted by Crippen LogP contribution is -2.14. The highest BCUT2D eigenvalue weighted by molar-refractivity contribution is 6.31. The third-order valence-corrected chi connectivity index (χ3v) is 3.44. The summed E-state index contributed by atoms with van der Waals surface area (Å²) in [5.74, 6) is -1.14. The van der Waals surface area contributed by atoms with Gasteiger partial charge in [-0.1, -0.05) is 24.6 Å². The standard InChI is InChI=1S/C14H16ClNO2/c1-3-16-12(6-9(2)14(17)18)7-10-4-5-11(15)8-13(10)16/h4-5,7-9H,3,6H2,1-2H3,(H,17,18). The van der Waals surface area contributed by atoms with Crippen molar-refractivity contribution < 1.29 is 9.90 Å². The van der Waals surface area contributed by atoms with Gasteiger partial charge in [0.1, 0.15) is 0 Å². The van der Waals surface area contributed by atoms with E-state index in [2.05, 4.69) is 17.6 Å². The average Bonchev–Trinajstić information content (AvgIpc) is 2.65. The fraction of sp³-hybridized carbons (Fsp3) is 0.357. The van der Waals surface area contributed by atoms with Crippen LogP contribution in [-0.2, 0) is 17.8 Å². The highest BCUT2D eigenvalue weighted by Crippen LogP contribution is 2.25. The van der Waals surface area contributed by atoms with E-state index in [-0.39, 0.29) is 5.92 Å². The van der Waals surface area contributed by atoms with Gasteiger partial charge in [0.15, 0.2) is 0 Å². The van der Waals surface area contributed by atoms with Crippen LogP contribution in [0.2, 0.25) is 5.02 Å². The molecule has 4 heteroatoms. The molecule has 1 aromatic carbocycles. The molecule has 0 radical (unpaired) electrons. The second kappa shape index (κ2) is 5.02. The lowest BCUT2D eigenvalue weighted by Gasteiger charge is -2.10. The largest absolute Gasteiger partial charge is 0.481 e. The minimum Gasteiger partial charge on any atom is -0.481 e. The van der Waals surface area contributed by atoms with Crippen LogP contribution in [-0.4, -0.2) is 15.6 Å². The van der Waals surface area contributed by atoms with Crippen LogP contribution < -0.4 is 0 Å². The first-order valence-corrected chi connectivity index (χ1v) is 6.41. The highest BCUT2D eigenvalue weighted by atomic mass is 35.5. The predicted octanol–water partition coefficient (Wildman–Crippen LogP) is 3.58. The van der Waals surface area contributed by atoms with E-state index in [9.17, 15) is 4.79 Å². The van der Waals surface area contributed by atoms with Crippen LogP contribution in [0.15, 0.2) is 24.3 Å². The Balaban J connectivity index is 2.47. The van der Waals surface area contributed by atoms with E-state index in [1.165, 1.54) is 0 Å². The van der Waals surface area contributed by atoms with E-state index in [0.29, 0.717) is 11.4 Å². The molecule has 1 aromatic heterocycles. The molecule has 1 atom stereocenters. The first kappa shape index (κ1) is 13.0. The molecule has 0 aliphatic rings. The number of carboxylic acid groups (broad SMARTS) is 1. The third kappa shape index (κ3) is 2.36. The van der Waals surface area contributed by atoms with Crippen LogP contribution in [0.4, 0.5) is 0 Å². The van der Waals surface area contributed by atoms with Crippen molar-refractivity contribution in [2.24, 2.45) is 5.92 Å². The summed E-state index contributed by atoms with van der Waals surface area (Å²) >= 11 is 6.01. The van der Waals surface area contributed by atoms with Gasteiger partial charge in [0, 0.05) is 29.2 Å². The van der Waals surface area contributed by atoms with Gasteiger partial charge in [0.25, 0.3) is 0 Å². The number of hydrogen-bond acceptors (Lipinski definition) is 1. The quantitative estimate of drug-likeness (QED) is 0.918. The molecule has 96 valence electrons. The zero-order valence-electron chi connectivity index (χ0n) is 10.5. The summed E-state index contributed by atoms with van der Waals surface area (Å²) in [5, 5.41) is 10.8. The van der Waals surface area contributed by atoms with E-state index in [1.807, 2.05) is 18.2 Å². The Morgan fingerprint density at radius 1 is 1.44 bits per heavy atom. The van der Waals surface area contributed by atoms with Crippen molar-refractivity contribution in [3.05, 3.63) is 35.0 Å². The molecule has 0 bridgehead atoms. The molecule has 1 unspecified atom stereocenters. The van der Waals surface area contributed by atoms with Crippen molar-refractivity contribution >= 4 is 28.5 Å². The Bertz CT molecular complexity index is 589. The molecule has 0 fully saturated rings. The van der Waals surface area contributed by atoms with Gasteiger partial charge in [-0.15, -0.1) is 0 Å². The van der Waals surface area contributed by atoms with Crippen LogP contribution in [0, 0.1) is 5.92 Å². The van der Waals surface area contributed by atoms with Gasteiger partial charge in [-0.3, -0.25) is 4.79 Å².